The van der Waals surface area contributed by atoms with Crippen LogP contribution in [0.1, 0.15) is 65.2 Å². The van der Waals surface area contributed by atoms with Crippen molar-refractivity contribution in [2.24, 2.45) is 23.7 Å². The van der Waals surface area contributed by atoms with Gasteiger partial charge in [0, 0.05) is 0 Å². The molecule has 0 aromatic heterocycles. The van der Waals surface area contributed by atoms with Crippen LogP contribution in [0.2, 0.25) is 0 Å². The van der Waals surface area contributed by atoms with Crippen LogP contribution in [-0.4, -0.2) is 35.5 Å². The SMILES string of the molecule is CC(CC1CCC1)C(O)C#N.COC(=O)C(O)C(C)CC1CCC1. The standard InChI is InChI=1S/C10H18O3.C9H15NO/c1-7(6-8-4-3-5-8)9(11)10(12)13-2;1-7(9(11)6-10)5-8-3-2-4-8/h7-9,11H,3-6H2,1-2H3;7-9,11H,2-5H2,1H3. The van der Waals surface area contributed by atoms with Crippen LogP contribution in [0.3, 0.4) is 0 Å². The average molecular weight is 339 g/mol. The summed E-state index contributed by atoms with van der Waals surface area (Å²) < 4.78 is 4.48. The number of rotatable bonds is 7. The van der Waals surface area contributed by atoms with Crippen molar-refractivity contribution in [3.8, 4) is 6.07 Å². The van der Waals surface area contributed by atoms with Crippen LogP contribution in [0.15, 0.2) is 0 Å². The fourth-order valence-electron chi connectivity index (χ4n) is 3.25. The molecule has 4 unspecified atom stereocenters. The van der Waals surface area contributed by atoms with E-state index in [1.165, 1.54) is 45.6 Å². The monoisotopic (exact) mass is 339 g/mol. The van der Waals surface area contributed by atoms with Gasteiger partial charge in [0.1, 0.15) is 6.10 Å². The zero-order chi connectivity index (χ0) is 18.1. The molecular weight excluding hydrogens is 306 g/mol. The van der Waals surface area contributed by atoms with E-state index in [2.05, 4.69) is 4.74 Å². The van der Waals surface area contributed by atoms with E-state index in [9.17, 15) is 9.90 Å². The minimum atomic E-state index is -0.939. The molecule has 24 heavy (non-hydrogen) atoms. The maximum absolute atomic E-state index is 11.0. The van der Waals surface area contributed by atoms with E-state index in [1.54, 1.807) is 0 Å². The lowest BCUT2D eigenvalue weighted by Crippen LogP contribution is -2.31. The molecule has 4 atom stereocenters. The van der Waals surface area contributed by atoms with Crippen LogP contribution in [0.4, 0.5) is 0 Å². The van der Waals surface area contributed by atoms with Crippen molar-refractivity contribution in [2.75, 3.05) is 7.11 Å². The molecule has 0 aromatic rings. The summed E-state index contributed by atoms with van der Waals surface area (Å²) in [5.74, 6) is 1.18. The highest BCUT2D eigenvalue weighted by Crippen LogP contribution is 2.33. The highest BCUT2D eigenvalue weighted by molar-refractivity contribution is 5.74. The second-order valence-electron chi connectivity index (χ2n) is 7.56. The summed E-state index contributed by atoms with van der Waals surface area (Å²) in [7, 11) is 1.31. The molecule has 2 rings (SSSR count). The topological polar surface area (TPSA) is 90.5 Å². The smallest absolute Gasteiger partial charge is 0.334 e. The molecule has 138 valence electrons. The number of hydrogen-bond donors (Lipinski definition) is 2. The van der Waals surface area contributed by atoms with E-state index in [-0.39, 0.29) is 11.8 Å². The van der Waals surface area contributed by atoms with Crippen LogP contribution >= 0.6 is 0 Å². The van der Waals surface area contributed by atoms with E-state index < -0.39 is 18.2 Å². The van der Waals surface area contributed by atoms with Gasteiger partial charge in [0.25, 0.3) is 0 Å². The number of nitrogens with zero attached hydrogens (tertiary/aromatic N) is 1. The lowest BCUT2D eigenvalue weighted by atomic mass is 9.78. The normalized spacial score (nSPS) is 22.5. The molecule has 0 aliphatic heterocycles. The predicted molar refractivity (Wildman–Crippen MR) is 91.9 cm³/mol. The predicted octanol–water partition coefficient (Wildman–Crippen LogP) is 3.04. The highest BCUT2D eigenvalue weighted by Gasteiger charge is 2.28. The summed E-state index contributed by atoms with van der Waals surface area (Å²) in [6, 6.07) is 1.87. The molecule has 0 aromatic carbocycles. The Morgan fingerprint density at radius 1 is 1.08 bits per heavy atom. The number of carbonyl (C=O) groups excluding carboxylic acids is 1. The fraction of sp³-hybridized carbons (Fsp3) is 0.895. The quantitative estimate of drug-likeness (QED) is 0.549. The van der Waals surface area contributed by atoms with E-state index in [0.29, 0.717) is 5.92 Å². The first-order valence-corrected chi connectivity index (χ1v) is 9.22. The highest BCUT2D eigenvalue weighted by atomic mass is 16.5. The van der Waals surface area contributed by atoms with E-state index >= 15 is 0 Å². The van der Waals surface area contributed by atoms with Crippen molar-refractivity contribution >= 4 is 5.97 Å². The van der Waals surface area contributed by atoms with Crippen LogP contribution in [-0.2, 0) is 9.53 Å². The van der Waals surface area contributed by atoms with Crippen molar-refractivity contribution in [1.29, 1.82) is 5.26 Å². The van der Waals surface area contributed by atoms with Gasteiger partial charge in [-0.3, -0.25) is 0 Å². The van der Waals surface area contributed by atoms with Crippen LogP contribution in [0, 0.1) is 35.0 Å². The van der Waals surface area contributed by atoms with Crippen molar-refractivity contribution in [3.63, 3.8) is 0 Å². The Hall–Kier alpha value is -1.12. The van der Waals surface area contributed by atoms with Crippen LogP contribution in [0.5, 0.6) is 0 Å². The molecule has 5 nitrogen and oxygen atoms in total. The van der Waals surface area contributed by atoms with Gasteiger partial charge < -0.3 is 14.9 Å². The first-order chi connectivity index (χ1) is 11.4. The van der Waals surface area contributed by atoms with Gasteiger partial charge in [0.05, 0.1) is 13.2 Å². The van der Waals surface area contributed by atoms with Crippen molar-refractivity contribution in [2.45, 2.75) is 77.4 Å². The van der Waals surface area contributed by atoms with Gasteiger partial charge in [0.2, 0.25) is 0 Å². The lowest BCUT2D eigenvalue weighted by Gasteiger charge is -2.29. The van der Waals surface area contributed by atoms with Gasteiger partial charge >= 0.3 is 5.97 Å². The third-order valence-electron chi connectivity index (χ3n) is 5.51. The van der Waals surface area contributed by atoms with Gasteiger partial charge in [-0.2, -0.15) is 5.26 Å². The Bertz CT molecular complexity index is 412. The molecule has 5 heteroatoms. The minimum Gasteiger partial charge on any atom is -0.467 e. The molecule has 0 bridgehead atoms. The molecule has 2 aliphatic rings. The van der Waals surface area contributed by atoms with Gasteiger partial charge in [-0.1, -0.05) is 52.4 Å². The summed E-state index contributed by atoms with van der Waals surface area (Å²) in [5, 5.41) is 27.0. The molecule has 0 amide bonds. The first-order valence-electron chi connectivity index (χ1n) is 9.22. The molecule has 0 spiro atoms. The van der Waals surface area contributed by atoms with Crippen molar-refractivity contribution in [1.82, 2.24) is 0 Å². The third kappa shape index (κ3) is 6.78. The number of carbonyl (C=O) groups is 1. The van der Waals surface area contributed by atoms with Gasteiger partial charge in [-0.25, -0.2) is 4.79 Å². The van der Waals surface area contributed by atoms with Crippen LogP contribution in [0.25, 0.3) is 0 Å². The Kier molecular flexibility index (Phi) is 9.31. The second-order valence-corrected chi connectivity index (χ2v) is 7.56. The Morgan fingerprint density at radius 3 is 1.88 bits per heavy atom. The lowest BCUT2D eigenvalue weighted by molar-refractivity contribution is -0.153. The zero-order valence-electron chi connectivity index (χ0n) is 15.3. The molecular formula is C19H33NO4. The van der Waals surface area contributed by atoms with E-state index in [0.717, 1.165) is 18.8 Å². The summed E-state index contributed by atoms with van der Waals surface area (Å²) in [4.78, 5) is 11.0. The van der Waals surface area contributed by atoms with Gasteiger partial charge in [0.15, 0.2) is 6.10 Å². The fourth-order valence-corrected chi connectivity index (χ4v) is 3.25. The number of methoxy groups -OCH3 is 1. The second kappa shape index (κ2) is 10.7. The number of ether oxygens (including phenoxy) is 1. The summed E-state index contributed by atoms with van der Waals surface area (Å²) >= 11 is 0. The molecule has 2 fully saturated rings. The van der Waals surface area contributed by atoms with Gasteiger partial charge in [-0.15, -0.1) is 0 Å². The Morgan fingerprint density at radius 2 is 1.54 bits per heavy atom. The van der Waals surface area contributed by atoms with Crippen molar-refractivity contribution in [3.05, 3.63) is 0 Å². The molecule has 2 saturated carbocycles. The van der Waals surface area contributed by atoms with Gasteiger partial charge in [-0.05, 0) is 36.5 Å². The molecule has 0 saturated heterocycles. The molecule has 0 radical (unpaired) electrons. The summed E-state index contributed by atoms with van der Waals surface area (Å²) in [6.07, 6.45) is 7.99. The average Bonchev–Trinajstić information content (AvgIpc) is 2.52. The number of esters is 1. The number of nitriles is 1. The van der Waals surface area contributed by atoms with E-state index in [4.69, 9.17) is 10.4 Å². The summed E-state index contributed by atoms with van der Waals surface area (Å²) in [6.45, 7) is 3.85. The third-order valence-corrected chi connectivity index (χ3v) is 5.51. The summed E-state index contributed by atoms with van der Waals surface area (Å²) in [5.41, 5.74) is 0. The molecule has 2 aliphatic carbocycles. The Labute approximate surface area is 146 Å². The van der Waals surface area contributed by atoms with Crippen LogP contribution < -0.4 is 0 Å². The number of hydrogen-bond acceptors (Lipinski definition) is 5. The molecule has 0 heterocycles. The number of aliphatic hydroxyl groups excluding tert-OH is 2. The Balaban J connectivity index is 0.000000243. The number of aliphatic hydroxyl groups is 2. The minimum absolute atomic E-state index is 0.0257. The van der Waals surface area contributed by atoms with Crippen molar-refractivity contribution < 1.29 is 19.7 Å². The van der Waals surface area contributed by atoms with E-state index in [1.807, 2.05) is 19.9 Å². The maximum atomic E-state index is 11.0. The zero-order valence-corrected chi connectivity index (χ0v) is 15.3. The maximum Gasteiger partial charge on any atom is 0.334 e. The largest absolute Gasteiger partial charge is 0.467 e. The molecule has 2 N–H and O–H groups in total. The first kappa shape index (κ1) is 20.9.